The summed E-state index contributed by atoms with van der Waals surface area (Å²) in [6, 6.07) is 19.0. The molecular weight excluding hydrogens is 338 g/mol. The Morgan fingerprint density at radius 2 is 1.81 bits per heavy atom. The van der Waals surface area contributed by atoms with Crippen LogP contribution in [-0.4, -0.2) is 18.8 Å². The fraction of sp³-hybridized carbons (Fsp3) is 0.217. The van der Waals surface area contributed by atoms with Crippen molar-refractivity contribution in [3.63, 3.8) is 0 Å². The van der Waals surface area contributed by atoms with Crippen LogP contribution in [-0.2, 0) is 4.79 Å². The molecule has 27 heavy (non-hydrogen) atoms. The van der Waals surface area contributed by atoms with E-state index in [9.17, 15) is 9.59 Å². The Labute approximate surface area is 159 Å². The largest absolute Gasteiger partial charge is 0.483 e. The quantitative estimate of drug-likeness (QED) is 0.590. The number of aldehydes is 1. The molecule has 3 aromatic carbocycles. The summed E-state index contributed by atoms with van der Waals surface area (Å²) >= 11 is 0. The Balaban J connectivity index is 1.74. The van der Waals surface area contributed by atoms with Gasteiger partial charge < -0.3 is 10.1 Å². The Morgan fingerprint density at radius 3 is 2.59 bits per heavy atom. The summed E-state index contributed by atoms with van der Waals surface area (Å²) in [6.45, 7) is 4.09. The number of ether oxygens (including phenoxy) is 1. The number of rotatable bonds is 7. The van der Waals surface area contributed by atoms with Crippen molar-refractivity contribution in [2.24, 2.45) is 0 Å². The molecule has 0 radical (unpaired) electrons. The highest BCUT2D eigenvalue weighted by Crippen LogP contribution is 2.28. The van der Waals surface area contributed by atoms with Crippen LogP contribution in [0.2, 0.25) is 0 Å². The van der Waals surface area contributed by atoms with Crippen molar-refractivity contribution in [2.45, 2.75) is 26.2 Å². The molecule has 1 atom stereocenters. The number of carbonyl (C=O) groups excluding carboxylic acids is 2. The number of anilines is 1. The minimum absolute atomic E-state index is 0.159. The second kappa shape index (κ2) is 8.49. The van der Waals surface area contributed by atoms with E-state index in [-0.39, 0.29) is 12.5 Å². The minimum atomic E-state index is -0.254. The van der Waals surface area contributed by atoms with E-state index in [0.29, 0.717) is 17.2 Å². The predicted molar refractivity (Wildman–Crippen MR) is 109 cm³/mol. The van der Waals surface area contributed by atoms with Crippen molar-refractivity contribution in [3.8, 4) is 5.75 Å². The summed E-state index contributed by atoms with van der Waals surface area (Å²) in [5.41, 5.74) is 2.36. The zero-order valence-corrected chi connectivity index (χ0v) is 15.6. The lowest BCUT2D eigenvalue weighted by Gasteiger charge is -2.16. The van der Waals surface area contributed by atoms with Crippen LogP contribution in [0.4, 0.5) is 5.69 Å². The van der Waals surface area contributed by atoms with Crippen LogP contribution in [0.25, 0.3) is 10.8 Å². The van der Waals surface area contributed by atoms with Gasteiger partial charge in [0.2, 0.25) is 0 Å². The van der Waals surface area contributed by atoms with Gasteiger partial charge in [-0.05, 0) is 40.8 Å². The third-order valence-electron chi connectivity index (χ3n) is 4.79. The third-order valence-corrected chi connectivity index (χ3v) is 4.79. The van der Waals surface area contributed by atoms with Crippen molar-refractivity contribution < 1.29 is 14.3 Å². The molecule has 0 fully saturated rings. The Bertz CT molecular complexity index is 965. The molecule has 0 heterocycles. The van der Waals surface area contributed by atoms with E-state index in [1.165, 1.54) is 0 Å². The van der Waals surface area contributed by atoms with Gasteiger partial charge >= 0.3 is 0 Å². The second-order valence-electron chi connectivity index (χ2n) is 6.55. The Kier molecular flexibility index (Phi) is 5.87. The van der Waals surface area contributed by atoms with Crippen molar-refractivity contribution in [3.05, 3.63) is 71.8 Å². The maximum atomic E-state index is 12.4. The SMILES string of the molecule is CC[C@H](C)c1ccccc1NC(=O)COc1ccc2ccccc2c1C=O. The first-order valence-electron chi connectivity index (χ1n) is 9.12. The lowest BCUT2D eigenvalue weighted by molar-refractivity contribution is -0.118. The number of para-hydroxylation sites is 1. The zero-order valence-electron chi connectivity index (χ0n) is 15.6. The lowest BCUT2D eigenvalue weighted by atomic mass is 9.97. The molecule has 0 aromatic heterocycles. The molecule has 0 aliphatic heterocycles. The van der Waals surface area contributed by atoms with E-state index < -0.39 is 0 Å². The topological polar surface area (TPSA) is 55.4 Å². The molecular formula is C23H23NO3. The maximum Gasteiger partial charge on any atom is 0.262 e. The van der Waals surface area contributed by atoms with Gasteiger partial charge in [-0.1, -0.05) is 62.4 Å². The van der Waals surface area contributed by atoms with Crippen LogP contribution in [0.3, 0.4) is 0 Å². The molecule has 0 spiro atoms. The van der Waals surface area contributed by atoms with Crippen LogP contribution in [0.1, 0.15) is 42.1 Å². The number of carbonyl (C=O) groups is 2. The fourth-order valence-electron chi connectivity index (χ4n) is 3.11. The van der Waals surface area contributed by atoms with Gasteiger partial charge in [0.25, 0.3) is 5.91 Å². The first-order chi connectivity index (χ1) is 13.1. The van der Waals surface area contributed by atoms with E-state index in [2.05, 4.69) is 19.2 Å². The number of hydrogen-bond donors (Lipinski definition) is 1. The van der Waals surface area contributed by atoms with Crippen molar-refractivity contribution >= 4 is 28.7 Å². The first-order valence-corrected chi connectivity index (χ1v) is 9.12. The third kappa shape index (κ3) is 4.17. The van der Waals surface area contributed by atoms with Gasteiger partial charge in [-0.3, -0.25) is 9.59 Å². The van der Waals surface area contributed by atoms with Crippen LogP contribution >= 0.6 is 0 Å². The minimum Gasteiger partial charge on any atom is -0.483 e. The van der Waals surface area contributed by atoms with Gasteiger partial charge in [-0.25, -0.2) is 0 Å². The molecule has 4 heteroatoms. The molecule has 3 aromatic rings. The number of hydrogen-bond acceptors (Lipinski definition) is 3. The van der Waals surface area contributed by atoms with E-state index in [1.54, 1.807) is 6.07 Å². The van der Waals surface area contributed by atoms with Crippen LogP contribution in [0.5, 0.6) is 5.75 Å². The summed E-state index contributed by atoms with van der Waals surface area (Å²) in [4.78, 5) is 23.9. The molecule has 1 amide bonds. The first kappa shape index (κ1) is 18.6. The number of nitrogens with one attached hydrogen (secondary N) is 1. The van der Waals surface area contributed by atoms with Crippen LogP contribution in [0.15, 0.2) is 60.7 Å². The molecule has 138 valence electrons. The maximum absolute atomic E-state index is 12.4. The Morgan fingerprint density at radius 1 is 1.07 bits per heavy atom. The summed E-state index contributed by atoms with van der Waals surface area (Å²) in [5.74, 6) is 0.509. The highest BCUT2D eigenvalue weighted by molar-refractivity contribution is 6.01. The summed E-state index contributed by atoms with van der Waals surface area (Å²) in [7, 11) is 0. The zero-order chi connectivity index (χ0) is 19.2. The van der Waals surface area contributed by atoms with E-state index >= 15 is 0 Å². The number of amides is 1. The van der Waals surface area contributed by atoms with Gasteiger partial charge in [-0.15, -0.1) is 0 Å². The molecule has 0 saturated heterocycles. The standard InChI is InChI=1S/C23H23NO3/c1-3-16(2)18-9-6-7-11-21(18)24-23(26)15-27-22-13-12-17-8-4-5-10-19(17)20(22)14-25/h4-14,16H,3,15H2,1-2H3,(H,24,26)/t16-/m0/s1. The van der Waals surface area contributed by atoms with Crippen molar-refractivity contribution in [1.29, 1.82) is 0 Å². The highest BCUT2D eigenvalue weighted by Gasteiger charge is 2.13. The molecule has 1 N–H and O–H groups in total. The average Bonchev–Trinajstić information content (AvgIpc) is 2.71. The molecule has 0 aliphatic carbocycles. The second-order valence-corrected chi connectivity index (χ2v) is 6.55. The smallest absolute Gasteiger partial charge is 0.262 e. The van der Waals surface area contributed by atoms with Crippen molar-refractivity contribution in [1.82, 2.24) is 0 Å². The van der Waals surface area contributed by atoms with Crippen molar-refractivity contribution in [2.75, 3.05) is 11.9 Å². The predicted octanol–water partition coefficient (Wildman–Crippen LogP) is 5.18. The van der Waals surface area contributed by atoms with Gasteiger partial charge in [0, 0.05) is 5.69 Å². The molecule has 3 rings (SSSR count). The summed E-state index contributed by atoms with van der Waals surface area (Å²) < 4.78 is 5.65. The van der Waals surface area contributed by atoms with E-state index in [0.717, 1.165) is 34.7 Å². The summed E-state index contributed by atoms with van der Waals surface area (Å²) in [5, 5.41) is 4.69. The Hall–Kier alpha value is -3.14. The molecule has 4 nitrogen and oxygen atoms in total. The van der Waals surface area contributed by atoms with Crippen LogP contribution < -0.4 is 10.1 Å². The van der Waals surface area contributed by atoms with Gasteiger partial charge in [0.1, 0.15) is 5.75 Å². The monoisotopic (exact) mass is 361 g/mol. The molecule has 0 saturated carbocycles. The highest BCUT2D eigenvalue weighted by atomic mass is 16.5. The average molecular weight is 361 g/mol. The lowest BCUT2D eigenvalue weighted by Crippen LogP contribution is -2.21. The van der Waals surface area contributed by atoms with E-state index in [1.807, 2.05) is 54.6 Å². The number of fused-ring (bicyclic) bond motifs is 1. The van der Waals surface area contributed by atoms with E-state index in [4.69, 9.17) is 4.74 Å². The van der Waals surface area contributed by atoms with Gasteiger partial charge in [-0.2, -0.15) is 0 Å². The normalized spacial score (nSPS) is 11.8. The van der Waals surface area contributed by atoms with Gasteiger partial charge in [0.05, 0.1) is 5.56 Å². The van der Waals surface area contributed by atoms with Crippen LogP contribution in [0, 0.1) is 0 Å². The molecule has 0 unspecified atom stereocenters. The number of benzene rings is 3. The van der Waals surface area contributed by atoms with Gasteiger partial charge in [0.15, 0.2) is 12.9 Å². The molecule has 0 aliphatic rings. The summed E-state index contributed by atoms with van der Waals surface area (Å²) in [6.07, 6.45) is 1.76. The fourth-order valence-corrected chi connectivity index (χ4v) is 3.11. The molecule has 0 bridgehead atoms.